The Hall–Kier alpha value is -3.58. The van der Waals surface area contributed by atoms with Gasteiger partial charge < -0.3 is 19.5 Å². The third-order valence-electron chi connectivity index (χ3n) is 4.36. The highest BCUT2D eigenvalue weighted by Crippen LogP contribution is 2.18. The van der Waals surface area contributed by atoms with Gasteiger partial charge in [0.15, 0.2) is 5.11 Å². The smallest absolute Gasteiger partial charge is 0.257 e. The summed E-state index contributed by atoms with van der Waals surface area (Å²) in [7, 11) is 0. The van der Waals surface area contributed by atoms with Crippen molar-refractivity contribution in [2.45, 2.75) is 13.8 Å². The van der Waals surface area contributed by atoms with E-state index in [0.29, 0.717) is 37.1 Å². The molecule has 0 radical (unpaired) electrons. The molecule has 0 unspecified atom stereocenters. The second-order valence-corrected chi connectivity index (χ2v) is 8.09. The molecule has 2 N–H and O–H groups in total. The minimum atomic E-state index is -0.328. The van der Waals surface area contributed by atoms with Gasteiger partial charge in [0, 0.05) is 17.3 Å². The van der Waals surface area contributed by atoms with Gasteiger partial charge in [-0.1, -0.05) is 44.2 Å². The lowest BCUT2D eigenvalue weighted by molar-refractivity contribution is 0.0977. The van der Waals surface area contributed by atoms with Crippen LogP contribution in [0, 0.1) is 5.92 Å². The van der Waals surface area contributed by atoms with Crippen molar-refractivity contribution in [3.63, 3.8) is 0 Å². The summed E-state index contributed by atoms with van der Waals surface area (Å²) < 4.78 is 17.0. The average Bonchev–Trinajstić information content (AvgIpc) is 2.81. The van der Waals surface area contributed by atoms with E-state index in [9.17, 15) is 4.79 Å². The topological polar surface area (TPSA) is 68.8 Å². The highest BCUT2D eigenvalue weighted by atomic mass is 32.1. The predicted molar refractivity (Wildman–Crippen MR) is 134 cm³/mol. The molecular formula is C26H28N2O4S. The molecule has 0 heterocycles. The van der Waals surface area contributed by atoms with Gasteiger partial charge in [-0.2, -0.15) is 0 Å². The first-order valence-corrected chi connectivity index (χ1v) is 11.2. The minimum Gasteiger partial charge on any atom is -0.493 e. The van der Waals surface area contributed by atoms with Crippen LogP contribution in [-0.4, -0.2) is 30.8 Å². The summed E-state index contributed by atoms with van der Waals surface area (Å²) in [5, 5.41) is 5.90. The van der Waals surface area contributed by atoms with Gasteiger partial charge in [-0.05, 0) is 60.6 Å². The maximum atomic E-state index is 12.6. The van der Waals surface area contributed by atoms with E-state index in [2.05, 4.69) is 24.5 Å². The van der Waals surface area contributed by atoms with Crippen LogP contribution >= 0.6 is 12.2 Å². The number of amides is 1. The quantitative estimate of drug-likeness (QED) is 0.313. The first-order chi connectivity index (χ1) is 16.0. The number of nitrogens with one attached hydrogen (secondary N) is 2. The summed E-state index contributed by atoms with van der Waals surface area (Å²) in [5.74, 6) is 2.20. The Balaban J connectivity index is 1.47. The van der Waals surface area contributed by atoms with Crippen LogP contribution in [0.2, 0.25) is 0 Å². The second kappa shape index (κ2) is 12.5. The van der Waals surface area contributed by atoms with Crippen LogP contribution in [0.15, 0.2) is 78.9 Å². The van der Waals surface area contributed by atoms with E-state index in [1.807, 2.05) is 54.6 Å². The van der Waals surface area contributed by atoms with E-state index in [-0.39, 0.29) is 11.0 Å². The zero-order valence-electron chi connectivity index (χ0n) is 18.7. The highest BCUT2D eigenvalue weighted by molar-refractivity contribution is 7.80. The normalized spacial score (nSPS) is 10.4. The van der Waals surface area contributed by atoms with Gasteiger partial charge in [0.1, 0.15) is 30.5 Å². The largest absolute Gasteiger partial charge is 0.493 e. The Morgan fingerprint density at radius 1 is 0.818 bits per heavy atom. The lowest BCUT2D eigenvalue weighted by Gasteiger charge is -2.13. The molecule has 3 rings (SSSR count). The van der Waals surface area contributed by atoms with E-state index < -0.39 is 0 Å². The first-order valence-electron chi connectivity index (χ1n) is 10.8. The molecule has 0 saturated heterocycles. The number of anilines is 1. The molecule has 0 saturated carbocycles. The van der Waals surface area contributed by atoms with E-state index in [1.165, 1.54) is 0 Å². The maximum Gasteiger partial charge on any atom is 0.257 e. The SMILES string of the molecule is CC(C)COc1cccc(NC(=S)NC(=O)c2cccc(OCCOc3ccccc3)c2)c1. The number of benzene rings is 3. The Morgan fingerprint density at radius 3 is 2.18 bits per heavy atom. The molecule has 6 nitrogen and oxygen atoms in total. The molecule has 0 fully saturated rings. The monoisotopic (exact) mass is 464 g/mol. The summed E-state index contributed by atoms with van der Waals surface area (Å²) in [6.07, 6.45) is 0. The molecule has 0 aliphatic rings. The minimum absolute atomic E-state index is 0.198. The fraction of sp³-hybridized carbons (Fsp3) is 0.231. The molecule has 172 valence electrons. The molecule has 0 atom stereocenters. The average molecular weight is 465 g/mol. The van der Waals surface area contributed by atoms with Crippen molar-refractivity contribution in [1.29, 1.82) is 0 Å². The fourth-order valence-electron chi connectivity index (χ4n) is 2.83. The van der Waals surface area contributed by atoms with Gasteiger partial charge in [-0.15, -0.1) is 0 Å². The van der Waals surface area contributed by atoms with E-state index in [4.69, 9.17) is 26.4 Å². The molecule has 7 heteroatoms. The lowest BCUT2D eigenvalue weighted by atomic mass is 10.2. The van der Waals surface area contributed by atoms with Crippen molar-refractivity contribution in [2.75, 3.05) is 25.1 Å². The molecule has 0 bridgehead atoms. The van der Waals surface area contributed by atoms with Gasteiger partial charge in [0.25, 0.3) is 5.91 Å². The Morgan fingerprint density at radius 2 is 1.45 bits per heavy atom. The molecule has 0 spiro atoms. The van der Waals surface area contributed by atoms with Crippen LogP contribution < -0.4 is 24.8 Å². The van der Waals surface area contributed by atoms with Gasteiger partial charge in [0.05, 0.1) is 6.61 Å². The third kappa shape index (κ3) is 8.46. The van der Waals surface area contributed by atoms with Crippen molar-refractivity contribution < 1.29 is 19.0 Å². The summed E-state index contributed by atoms with van der Waals surface area (Å²) in [6.45, 7) is 5.56. The molecule has 0 aliphatic carbocycles. The summed E-state index contributed by atoms with van der Waals surface area (Å²) >= 11 is 5.30. The number of carbonyl (C=O) groups excluding carboxylic acids is 1. The van der Waals surface area contributed by atoms with Crippen LogP contribution in [0.25, 0.3) is 0 Å². The van der Waals surface area contributed by atoms with Crippen LogP contribution in [0.3, 0.4) is 0 Å². The van der Waals surface area contributed by atoms with Crippen LogP contribution in [0.4, 0.5) is 5.69 Å². The third-order valence-corrected chi connectivity index (χ3v) is 4.57. The number of carbonyl (C=O) groups is 1. The van der Waals surface area contributed by atoms with E-state index in [0.717, 1.165) is 17.2 Å². The Bertz CT molecular complexity index is 1060. The van der Waals surface area contributed by atoms with Crippen molar-refractivity contribution in [3.05, 3.63) is 84.4 Å². The van der Waals surface area contributed by atoms with Gasteiger partial charge in [0.2, 0.25) is 0 Å². The number of hydrogen-bond donors (Lipinski definition) is 2. The molecular weight excluding hydrogens is 436 g/mol. The van der Waals surface area contributed by atoms with Crippen molar-refractivity contribution in [2.24, 2.45) is 5.92 Å². The van der Waals surface area contributed by atoms with E-state index >= 15 is 0 Å². The van der Waals surface area contributed by atoms with Gasteiger partial charge in [-0.3, -0.25) is 10.1 Å². The zero-order chi connectivity index (χ0) is 23.5. The Labute approximate surface area is 199 Å². The van der Waals surface area contributed by atoms with E-state index in [1.54, 1.807) is 24.3 Å². The molecule has 0 aliphatic heterocycles. The number of rotatable bonds is 10. The molecule has 1 amide bonds. The van der Waals surface area contributed by atoms with Gasteiger partial charge >= 0.3 is 0 Å². The Kier molecular flexibility index (Phi) is 9.08. The predicted octanol–water partition coefficient (Wildman–Crippen LogP) is 5.31. The maximum absolute atomic E-state index is 12.6. The number of thiocarbonyl (C=S) groups is 1. The lowest BCUT2D eigenvalue weighted by Crippen LogP contribution is -2.34. The number of hydrogen-bond acceptors (Lipinski definition) is 5. The van der Waals surface area contributed by atoms with Crippen LogP contribution in [0.1, 0.15) is 24.2 Å². The molecule has 3 aromatic carbocycles. The van der Waals surface area contributed by atoms with Crippen molar-refractivity contribution in [1.82, 2.24) is 5.32 Å². The first kappa shape index (κ1) is 24.1. The van der Waals surface area contributed by atoms with Gasteiger partial charge in [-0.25, -0.2) is 0 Å². The van der Waals surface area contributed by atoms with Crippen molar-refractivity contribution >= 4 is 28.9 Å². The number of ether oxygens (including phenoxy) is 3. The number of para-hydroxylation sites is 1. The summed E-state index contributed by atoms with van der Waals surface area (Å²) in [6, 6.07) is 23.9. The molecule has 33 heavy (non-hydrogen) atoms. The highest BCUT2D eigenvalue weighted by Gasteiger charge is 2.10. The fourth-order valence-corrected chi connectivity index (χ4v) is 3.04. The summed E-state index contributed by atoms with van der Waals surface area (Å²) in [4.78, 5) is 12.6. The second-order valence-electron chi connectivity index (χ2n) is 7.68. The standard InChI is InChI=1S/C26H28N2O4S/c1-19(2)18-32-24-13-7-9-21(17-24)27-26(33)28-25(29)20-8-6-12-23(16-20)31-15-14-30-22-10-4-3-5-11-22/h3-13,16-17,19H,14-15,18H2,1-2H3,(H2,27,28,29,33). The zero-order valence-corrected chi connectivity index (χ0v) is 19.6. The van der Waals surface area contributed by atoms with Crippen LogP contribution in [-0.2, 0) is 0 Å². The van der Waals surface area contributed by atoms with Crippen LogP contribution in [0.5, 0.6) is 17.2 Å². The molecule has 3 aromatic rings. The molecule has 0 aromatic heterocycles. The summed E-state index contributed by atoms with van der Waals surface area (Å²) in [5.41, 5.74) is 1.17. The van der Waals surface area contributed by atoms with Crippen molar-refractivity contribution in [3.8, 4) is 17.2 Å².